The average Bonchev–Trinajstić information content (AvgIpc) is 3.39. The number of carbonyl (C=O) groups excluding carboxylic acids is 2. The van der Waals surface area contributed by atoms with Crippen LogP contribution < -0.4 is 10.6 Å². The van der Waals surface area contributed by atoms with Gasteiger partial charge < -0.3 is 20.5 Å². The van der Waals surface area contributed by atoms with E-state index in [-0.39, 0.29) is 42.0 Å². The summed E-state index contributed by atoms with van der Waals surface area (Å²) in [6.07, 6.45) is 4.24. The van der Waals surface area contributed by atoms with Crippen LogP contribution in [0.15, 0.2) is 18.2 Å². The Bertz CT molecular complexity index is 1190. The Morgan fingerprint density at radius 1 is 1.09 bits per heavy atom. The Balaban J connectivity index is 0.00000274. The first-order valence-electron chi connectivity index (χ1n) is 11.1. The van der Waals surface area contributed by atoms with Crippen LogP contribution in [0, 0.1) is 11.6 Å². The fourth-order valence-electron chi connectivity index (χ4n) is 4.62. The van der Waals surface area contributed by atoms with E-state index >= 15 is 0 Å². The summed E-state index contributed by atoms with van der Waals surface area (Å²) in [7, 11) is 2.05. The summed E-state index contributed by atoms with van der Waals surface area (Å²) in [5, 5.41) is 6.95. The number of likely N-dealkylation sites (N-methyl/N-ethyl adjacent to an activating group) is 1. The van der Waals surface area contributed by atoms with Crippen molar-refractivity contribution in [2.45, 2.75) is 50.7 Å². The van der Waals surface area contributed by atoms with E-state index < -0.39 is 11.6 Å². The highest BCUT2D eigenvalue weighted by Gasteiger charge is 2.30. The summed E-state index contributed by atoms with van der Waals surface area (Å²) in [5.74, 6) is -2.51. The lowest BCUT2D eigenvalue weighted by Crippen LogP contribution is -2.53. The molecule has 2 amide bonds. The van der Waals surface area contributed by atoms with Gasteiger partial charge in [-0.25, -0.2) is 13.8 Å². The Hall–Kier alpha value is -2.56. The zero-order chi connectivity index (χ0) is 23.1. The number of fused-ring (bicyclic) bond motifs is 2. The zero-order valence-electron chi connectivity index (χ0n) is 18.6. The molecular formula is C23H26ClF2N5O2S. The van der Waals surface area contributed by atoms with Crippen LogP contribution >= 0.6 is 23.7 Å². The van der Waals surface area contributed by atoms with Gasteiger partial charge >= 0.3 is 0 Å². The van der Waals surface area contributed by atoms with Crippen molar-refractivity contribution < 1.29 is 18.4 Å². The smallest absolute Gasteiger partial charge is 0.280 e. The van der Waals surface area contributed by atoms with Gasteiger partial charge in [-0.05, 0) is 32.0 Å². The number of nitrogens with one attached hydrogen (secondary N) is 3. The molecular weight excluding hydrogens is 484 g/mol. The second-order valence-corrected chi connectivity index (χ2v) is 9.94. The molecule has 2 atom stereocenters. The Morgan fingerprint density at radius 3 is 2.50 bits per heavy atom. The maximum Gasteiger partial charge on any atom is 0.280 e. The molecule has 1 aliphatic heterocycles. The van der Waals surface area contributed by atoms with Crippen LogP contribution in [0.4, 0.5) is 8.78 Å². The maximum atomic E-state index is 13.5. The van der Waals surface area contributed by atoms with E-state index in [0.29, 0.717) is 15.9 Å². The van der Waals surface area contributed by atoms with Crippen molar-refractivity contribution in [3.8, 4) is 0 Å². The van der Waals surface area contributed by atoms with Crippen LogP contribution in [0.25, 0.3) is 10.9 Å². The number of hydrogen-bond acceptors (Lipinski definition) is 5. The number of carbonyl (C=O) groups is 2. The van der Waals surface area contributed by atoms with E-state index in [2.05, 4.69) is 32.5 Å². The lowest BCUT2D eigenvalue weighted by molar-refractivity contribution is 0.0860. The van der Waals surface area contributed by atoms with Crippen molar-refractivity contribution in [1.82, 2.24) is 25.5 Å². The number of aromatic amines is 1. The fraction of sp³-hybridized carbons (Fsp3) is 0.435. The molecule has 11 heteroatoms. The van der Waals surface area contributed by atoms with Crippen molar-refractivity contribution in [1.29, 1.82) is 0 Å². The van der Waals surface area contributed by atoms with E-state index in [1.807, 2.05) is 0 Å². The maximum absolute atomic E-state index is 13.5. The number of hydrogen-bond donors (Lipinski definition) is 3. The Labute approximate surface area is 205 Å². The molecule has 182 valence electrons. The van der Waals surface area contributed by atoms with Crippen molar-refractivity contribution in [2.24, 2.45) is 0 Å². The minimum absolute atomic E-state index is 0. The van der Waals surface area contributed by atoms with Crippen LogP contribution in [0.2, 0.25) is 0 Å². The van der Waals surface area contributed by atoms with Crippen LogP contribution in [0.5, 0.6) is 0 Å². The average molecular weight is 510 g/mol. The summed E-state index contributed by atoms with van der Waals surface area (Å²) >= 11 is 1.43. The van der Waals surface area contributed by atoms with Gasteiger partial charge in [0.2, 0.25) is 0 Å². The Morgan fingerprint density at radius 2 is 1.76 bits per heavy atom. The highest BCUT2D eigenvalue weighted by Crippen LogP contribution is 2.26. The number of benzene rings is 1. The van der Waals surface area contributed by atoms with Gasteiger partial charge in [-0.2, -0.15) is 0 Å². The normalized spacial score (nSPS) is 20.4. The van der Waals surface area contributed by atoms with Gasteiger partial charge in [0.25, 0.3) is 11.8 Å². The van der Waals surface area contributed by atoms with Crippen LogP contribution in [0.3, 0.4) is 0 Å². The number of amides is 2. The van der Waals surface area contributed by atoms with E-state index in [9.17, 15) is 18.4 Å². The van der Waals surface area contributed by atoms with Gasteiger partial charge in [-0.15, -0.1) is 23.7 Å². The van der Waals surface area contributed by atoms with E-state index in [1.165, 1.54) is 17.4 Å². The third-order valence-corrected chi connectivity index (χ3v) is 7.50. The molecule has 34 heavy (non-hydrogen) atoms. The van der Waals surface area contributed by atoms with Gasteiger partial charge in [-0.1, -0.05) is 12.8 Å². The van der Waals surface area contributed by atoms with Gasteiger partial charge in [0.1, 0.15) is 5.69 Å². The molecule has 0 unspecified atom stereocenters. The molecule has 3 N–H and O–H groups in total. The first kappa shape index (κ1) is 24.6. The lowest BCUT2D eigenvalue weighted by Gasteiger charge is -2.32. The monoisotopic (exact) mass is 509 g/mol. The molecule has 1 aliphatic carbocycles. The van der Waals surface area contributed by atoms with E-state index in [0.717, 1.165) is 67.9 Å². The molecule has 1 fully saturated rings. The van der Waals surface area contributed by atoms with Gasteiger partial charge in [0.05, 0.1) is 5.69 Å². The third-order valence-electron chi connectivity index (χ3n) is 6.42. The molecule has 3 heterocycles. The topological polar surface area (TPSA) is 90.1 Å². The molecule has 2 aliphatic rings. The summed E-state index contributed by atoms with van der Waals surface area (Å²) in [4.78, 5) is 36.5. The summed E-state index contributed by atoms with van der Waals surface area (Å²) in [6.45, 7) is 1.74. The lowest BCUT2D eigenvalue weighted by atomic mass is 9.90. The summed E-state index contributed by atoms with van der Waals surface area (Å²) in [5.41, 5.74) is 1.58. The predicted octanol–water partition coefficient (Wildman–Crippen LogP) is 3.78. The minimum Gasteiger partial charge on any atom is -0.350 e. The third kappa shape index (κ3) is 4.94. The zero-order valence-corrected chi connectivity index (χ0v) is 20.3. The van der Waals surface area contributed by atoms with Crippen molar-refractivity contribution in [2.75, 3.05) is 13.6 Å². The highest BCUT2D eigenvalue weighted by atomic mass is 35.5. The largest absolute Gasteiger partial charge is 0.350 e. The number of thiazole rings is 1. The second kappa shape index (κ2) is 9.97. The molecule has 0 saturated heterocycles. The molecule has 1 saturated carbocycles. The van der Waals surface area contributed by atoms with Gasteiger partial charge in [-0.3, -0.25) is 9.59 Å². The van der Waals surface area contributed by atoms with E-state index in [4.69, 9.17) is 0 Å². The van der Waals surface area contributed by atoms with Crippen molar-refractivity contribution in [3.05, 3.63) is 51.1 Å². The molecule has 7 nitrogen and oxygen atoms in total. The number of rotatable bonds is 4. The highest BCUT2D eigenvalue weighted by molar-refractivity contribution is 7.13. The SMILES string of the molecule is CN1CCc2nc(C(=O)N[C@@H]3CCCC[C@H]3NC(=O)c3cc4cc(F)c(F)cc4[nH]3)sc2C1.Cl. The van der Waals surface area contributed by atoms with Gasteiger partial charge in [0, 0.05) is 53.4 Å². The Kier molecular flexibility index (Phi) is 7.20. The van der Waals surface area contributed by atoms with Gasteiger partial charge in [0.15, 0.2) is 16.6 Å². The van der Waals surface area contributed by atoms with Crippen LogP contribution in [-0.4, -0.2) is 52.4 Å². The molecule has 1 aromatic carbocycles. The van der Waals surface area contributed by atoms with E-state index in [1.54, 1.807) is 0 Å². The first-order chi connectivity index (χ1) is 15.9. The van der Waals surface area contributed by atoms with Crippen LogP contribution in [-0.2, 0) is 13.0 Å². The number of aromatic nitrogens is 2. The quantitative estimate of drug-likeness (QED) is 0.499. The summed E-state index contributed by atoms with van der Waals surface area (Å²) in [6, 6.07) is 3.15. The number of H-pyrrole nitrogens is 1. The molecule has 2 aromatic heterocycles. The number of halogens is 3. The summed E-state index contributed by atoms with van der Waals surface area (Å²) < 4.78 is 27.0. The van der Waals surface area contributed by atoms with Crippen molar-refractivity contribution in [3.63, 3.8) is 0 Å². The van der Waals surface area contributed by atoms with Crippen LogP contribution in [0.1, 0.15) is 56.5 Å². The fourth-order valence-corrected chi connectivity index (χ4v) is 5.71. The molecule has 0 bridgehead atoms. The molecule has 0 spiro atoms. The minimum atomic E-state index is -0.970. The number of nitrogens with zero attached hydrogens (tertiary/aromatic N) is 2. The second-order valence-electron chi connectivity index (χ2n) is 8.86. The first-order valence-corrected chi connectivity index (χ1v) is 12.0. The predicted molar refractivity (Wildman–Crippen MR) is 129 cm³/mol. The molecule has 5 rings (SSSR count). The molecule has 3 aromatic rings. The molecule has 0 radical (unpaired) electrons. The van der Waals surface area contributed by atoms with Crippen molar-refractivity contribution >= 4 is 46.5 Å². The standard InChI is InChI=1S/C23H25F2N5O2S.ClH/c1-30-7-6-17-20(11-30)33-23(29-17)22(32)28-16-5-3-2-4-15(16)27-21(31)19-9-12-8-13(24)14(25)10-18(12)26-19;/h8-10,15-16,26H,2-7,11H2,1H3,(H,27,31)(H,28,32);1H/t15-,16-;/m1./s1.